The molecule has 3 rings (SSSR count). The Labute approximate surface area is 115 Å². The van der Waals surface area contributed by atoms with E-state index in [0.29, 0.717) is 23.0 Å². The zero-order valence-corrected chi connectivity index (χ0v) is 11.5. The van der Waals surface area contributed by atoms with E-state index in [1.54, 1.807) is 0 Å². The smallest absolute Gasteiger partial charge is 0.268 e. The molecular weight excluding hydrogens is 262 g/mol. The lowest BCUT2D eigenvalue weighted by Gasteiger charge is -2.08. The topological polar surface area (TPSA) is 67.0 Å². The second kappa shape index (κ2) is 5.81. The van der Waals surface area contributed by atoms with Crippen molar-refractivity contribution in [2.45, 2.75) is 19.4 Å². The quantitative estimate of drug-likeness (QED) is 0.814. The molecule has 1 unspecified atom stereocenters. The summed E-state index contributed by atoms with van der Waals surface area (Å²) in [5, 5.41) is 5.22. The number of ether oxygens (including phenoxy) is 1. The molecule has 3 heterocycles. The predicted molar refractivity (Wildman–Crippen MR) is 75.5 cm³/mol. The van der Waals surface area contributed by atoms with Gasteiger partial charge in [0, 0.05) is 13.2 Å². The van der Waals surface area contributed by atoms with Crippen molar-refractivity contribution in [2.75, 3.05) is 19.8 Å². The Hall–Kier alpha value is -1.24. The lowest BCUT2D eigenvalue weighted by Crippen LogP contribution is -2.21. The summed E-state index contributed by atoms with van der Waals surface area (Å²) in [6.45, 7) is 3.32. The molecule has 2 N–H and O–H groups in total. The van der Waals surface area contributed by atoms with E-state index in [9.17, 15) is 4.79 Å². The maximum atomic E-state index is 11.8. The first kappa shape index (κ1) is 12.8. The Kier molecular flexibility index (Phi) is 3.91. The first-order chi connectivity index (χ1) is 9.33. The van der Waals surface area contributed by atoms with Crippen LogP contribution in [0.3, 0.4) is 0 Å². The van der Waals surface area contributed by atoms with E-state index in [-0.39, 0.29) is 5.56 Å². The van der Waals surface area contributed by atoms with Crippen molar-refractivity contribution < 1.29 is 4.74 Å². The summed E-state index contributed by atoms with van der Waals surface area (Å²) in [7, 11) is 0. The number of thiophene rings is 1. The Morgan fingerprint density at radius 3 is 3.37 bits per heavy atom. The van der Waals surface area contributed by atoms with E-state index in [0.717, 1.165) is 38.1 Å². The van der Waals surface area contributed by atoms with Gasteiger partial charge >= 0.3 is 0 Å². The molecule has 2 aromatic heterocycles. The summed E-state index contributed by atoms with van der Waals surface area (Å²) in [5.41, 5.74) is 0.746. The summed E-state index contributed by atoms with van der Waals surface area (Å²) in [4.78, 5) is 19.0. The van der Waals surface area contributed by atoms with Crippen LogP contribution >= 0.6 is 11.3 Å². The molecule has 1 aliphatic rings. The standard InChI is InChI=1S/C13H17N3O2S/c17-13-12-10(3-6-19-12)15-11(16-13)7-14-4-1-9-2-5-18-8-9/h3,6,9,14H,1-2,4-5,7-8H2,(H,15,16,17). The highest BCUT2D eigenvalue weighted by atomic mass is 32.1. The van der Waals surface area contributed by atoms with Crippen LogP contribution < -0.4 is 10.9 Å². The van der Waals surface area contributed by atoms with E-state index in [4.69, 9.17) is 4.74 Å². The molecule has 19 heavy (non-hydrogen) atoms. The molecule has 1 fully saturated rings. The van der Waals surface area contributed by atoms with Crippen molar-refractivity contribution in [3.05, 3.63) is 27.6 Å². The van der Waals surface area contributed by atoms with Gasteiger partial charge in [0.15, 0.2) is 0 Å². The highest BCUT2D eigenvalue weighted by Gasteiger charge is 2.14. The SMILES string of the molecule is O=c1[nH]c(CNCCC2CCOC2)nc2ccsc12. The third kappa shape index (κ3) is 3.02. The van der Waals surface area contributed by atoms with Gasteiger partial charge in [0.1, 0.15) is 10.5 Å². The average molecular weight is 279 g/mol. The molecule has 2 aromatic rings. The van der Waals surface area contributed by atoms with Crippen molar-refractivity contribution in [3.8, 4) is 0 Å². The molecule has 102 valence electrons. The summed E-state index contributed by atoms with van der Waals surface area (Å²) >= 11 is 1.43. The molecule has 0 amide bonds. The molecule has 0 aliphatic carbocycles. The van der Waals surface area contributed by atoms with Gasteiger partial charge in [0.2, 0.25) is 0 Å². The number of fused-ring (bicyclic) bond motifs is 1. The van der Waals surface area contributed by atoms with Gasteiger partial charge in [-0.15, -0.1) is 11.3 Å². The van der Waals surface area contributed by atoms with Crippen LogP contribution in [0.15, 0.2) is 16.2 Å². The molecule has 0 saturated carbocycles. The van der Waals surface area contributed by atoms with E-state index in [1.165, 1.54) is 11.3 Å². The number of H-pyrrole nitrogens is 1. The molecule has 6 heteroatoms. The van der Waals surface area contributed by atoms with Gasteiger partial charge in [-0.25, -0.2) is 4.98 Å². The number of hydrogen-bond acceptors (Lipinski definition) is 5. The van der Waals surface area contributed by atoms with Crippen LogP contribution in [0.25, 0.3) is 10.2 Å². The first-order valence-corrected chi connectivity index (χ1v) is 7.46. The monoisotopic (exact) mass is 279 g/mol. The minimum absolute atomic E-state index is 0.0407. The predicted octanol–water partition coefficient (Wildman–Crippen LogP) is 1.50. The van der Waals surface area contributed by atoms with Crippen LogP contribution in [-0.2, 0) is 11.3 Å². The molecule has 5 nitrogen and oxygen atoms in total. The average Bonchev–Trinajstić information content (AvgIpc) is 3.05. The Morgan fingerprint density at radius 2 is 2.53 bits per heavy atom. The van der Waals surface area contributed by atoms with Crippen LogP contribution in [0.4, 0.5) is 0 Å². The van der Waals surface area contributed by atoms with Gasteiger partial charge in [-0.2, -0.15) is 0 Å². The second-order valence-electron chi connectivity index (χ2n) is 4.84. The molecule has 1 saturated heterocycles. The van der Waals surface area contributed by atoms with Crippen molar-refractivity contribution in [1.82, 2.24) is 15.3 Å². The lowest BCUT2D eigenvalue weighted by molar-refractivity contribution is 0.184. The number of aromatic amines is 1. The Balaban J connectivity index is 1.54. The van der Waals surface area contributed by atoms with Gasteiger partial charge in [-0.3, -0.25) is 4.79 Å². The Morgan fingerprint density at radius 1 is 1.58 bits per heavy atom. The number of rotatable bonds is 5. The van der Waals surface area contributed by atoms with E-state index >= 15 is 0 Å². The molecule has 1 atom stereocenters. The fourth-order valence-corrected chi connectivity index (χ4v) is 3.05. The first-order valence-electron chi connectivity index (χ1n) is 6.58. The van der Waals surface area contributed by atoms with E-state index < -0.39 is 0 Å². The summed E-state index contributed by atoms with van der Waals surface area (Å²) in [5.74, 6) is 1.39. The Bertz CT molecular complexity index is 601. The molecule has 0 spiro atoms. The third-order valence-corrected chi connectivity index (χ3v) is 4.31. The molecule has 0 bridgehead atoms. The molecule has 0 aromatic carbocycles. The van der Waals surface area contributed by atoms with Crippen molar-refractivity contribution in [3.63, 3.8) is 0 Å². The lowest BCUT2D eigenvalue weighted by atomic mass is 10.1. The van der Waals surface area contributed by atoms with Crippen LogP contribution in [-0.4, -0.2) is 29.7 Å². The van der Waals surface area contributed by atoms with Crippen molar-refractivity contribution >= 4 is 21.6 Å². The number of nitrogens with one attached hydrogen (secondary N) is 2. The normalized spacial score (nSPS) is 19.3. The third-order valence-electron chi connectivity index (χ3n) is 3.41. The van der Waals surface area contributed by atoms with Gasteiger partial charge in [-0.1, -0.05) is 0 Å². The number of nitrogens with zero attached hydrogens (tertiary/aromatic N) is 1. The summed E-state index contributed by atoms with van der Waals surface area (Å²) < 4.78 is 6.04. The van der Waals surface area contributed by atoms with E-state index in [2.05, 4.69) is 15.3 Å². The summed E-state index contributed by atoms with van der Waals surface area (Å²) in [6.07, 6.45) is 2.28. The van der Waals surface area contributed by atoms with Gasteiger partial charge in [0.25, 0.3) is 5.56 Å². The maximum absolute atomic E-state index is 11.8. The fourth-order valence-electron chi connectivity index (χ4n) is 2.33. The summed E-state index contributed by atoms with van der Waals surface area (Å²) in [6, 6.07) is 1.88. The molecular formula is C13H17N3O2S. The van der Waals surface area contributed by atoms with Crippen LogP contribution in [0.2, 0.25) is 0 Å². The van der Waals surface area contributed by atoms with Gasteiger partial charge < -0.3 is 15.0 Å². The van der Waals surface area contributed by atoms with Crippen molar-refractivity contribution in [2.24, 2.45) is 5.92 Å². The molecule has 0 radical (unpaired) electrons. The molecule has 1 aliphatic heterocycles. The van der Waals surface area contributed by atoms with E-state index in [1.807, 2.05) is 11.4 Å². The highest BCUT2D eigenvalue weighted by molar-refractivity contribution is 7.17. The van der Waals surface area contributed by atoms with Crippen molar-refractivity contribution in [1.29, 1.82) is 0 Å². The zero-order valence-electron chi connectivity index (χ0n) is 10.6. The van der Waals surface area contributed by atoms with Crippen LogP contribution in [0.1, 0.15) is 18.7 Å². The maximum Gasteiger partial charge on any atom is 0.268 e. The second-order valence-corrected chi connectivity index (χ2v) is 5.76. The zero-order chi connectivity index (χ0) is 13.1. The number of aromatic nitrogens is 2. The highest BCUT2D eigenvalue weighted by Crippen LogP contribution is 2.15. The minimum atomic E-state index is -0.0407. The van der Waals surface area contributed by atoms with Gasteiger partial charge in [-0.05, 0) is 36.8 Å². The van der Waals surface area contributed by atoms with Crippen LogP contribution in [0, 0.1) is 5.92 Å². The van der Waals surface area contributed by atoms with Crippen LogP contribution in [0.5, 0.6) is 0 Å². The number of hydrogen-bond donors (Lipinski definition) is 2. The largest absolute Gasteiger partial charge is 0.381 e. The minimum Gasteiger partial charge on any atom is -0.381 e. The fraction of sp³-hybridized carbons (Fsp3) is 0.538. The van der Waals surface area contributed by atoms with Gasteiger partial charge in [0.05, 0.1) is 12.1 Å².